The highest BCUT2D eigenvalue weighted by Crippen LogP contribution is 2.17. The summed E-state index contributed by atoms with van der Waals surface area (Å²) in [5, 5.41) is 7.01. The van der Waals surface area contributed by atoms with E-state index < -0.39 is 0 Å². The Morgan fingerprint density at radius 1 is 1.13 bits per heavy atom. The SMILES string of the molecule is CN=C(NCCCCN(C)c1ccccc1)NC1CCCCC1. The zero-order valence-electron chi connectivity index (χ0n) is 14.7. The van der Waals surface area contributed by atoms with E-state index in [1.807, 2.05) is 7.05 Å². The van der Waals surface area contributed by atoms with Crippen LogP contribution >= 0.6 is 0 Å². The second-order valence-corrected chi connectivity index (χ2v) is 6.44. The minimum atomic E-state index is 0.610. The molecule has 0 unspecified atom stereocenters. The Hall–Kier alpha value is -1.71. The molecule has 0 radical (unpaired) electrons. The summed E-state index contributed by atoms with van der Waals surface area (Å²) >= 11 is 0. The Bertz CT molecular complexity index is 452. The van der Waals surface area contributed by atoms with Gasteiger partial charge in [0.25, 0.3) is 0 Å². The van der Waals surface area contributed by atoms with Gasteiger partial charge in [-0.2, -0.15) is 0 Å². The number of rotatable bonds is 7. The van der Waals surface area contributed by atoms with Crippen molar-refractivity contribution in [2.45, 2.75) is 51.0 Å². The van der Waals surface area contributed by atoms with Crippen molar-refractivity contribution in [3.63, 3.8) is 0 Å². The van der Waals surface area contributed by atoms with E-state index in [9.17, 15) is 0 Å². The second kappa shape index (κ2) is 10.1. The number of guanidine groups is 1. The Kier molecular flexibility index (Phi) is 7.78. The molecule has 0 bridgehead atoms. The molecule has 23 heavy (non-hydrogen) atoms. The second-order valence-electron chi connectivity index (χ2n) is 6.44. The number of hydrogen-bond acceptors (Lipinski definition) is 2. The third kappa shape index (κ3) is 6.51. The Balaban J connectivity index is 1.58. The first-order chi connectivity index (χ1) is 11.3. The Labute approximate surface area is 141 Å². The number of aliphatic imine (C=N–C) groups is 1. The van der Waals surface area contributed by atoms with Gasteiger partial charge in [-0.3, -0.25) is 4.99 Å². The van der Waals surface area contributed by atoms with E-state index in [-0.39, 0.29) is 0 Å². The van der Waals surface area contributed by atoms with Crippen molar-refractivity contribution in [3.8, 4) is 0 Å². The Morgan fingerprint density at radius 2 is 1.87 bits per heavy atom. The van der Waals surface area contributed by atoms with Gasteiger partial charge >= 0.3 is 0 Å². The van der Waals surface area contributed by atoms with Crippen LogP contribution in [0.15, 0.2) is 35.3 Å². The van der Waals surface area contributed by atoms with Crippen molar-refractivity contribution >= 4 is 11.6 Å². The lowest BCUT2D eigenvalue weighted by Crippen LogP contribution is -2.44. The van der Waals surface area contributed by atoms with Gasteiger partial charge in [0.15, 0.2) is 5.96 Å². The summed E-state index contributed by atoms with van der Waals surface area (Å²) in [6.07, 6.45) is 8.98. The van der Waals surface area contributed by atoms with E-state index in [4.69, 9.17) is 0 Å². The third-order valence-corrected chi connectivity index (χ3v) is 4.58. The summed E-state index contributed by atoms with van der Waals surface area (Å²) in [5.41, 5.74) is 1.29. The number of benzene rings is 1. The fourth-order valence-corrected chi connectivity index (χ4v) is 3.13. The fourth-order valence-electron chi connectivity index (χ4n) is 3.13. The number of nitrogens with one attached hydrogen (secondary N) is 2. The molecule has 128 valence electrons. The van der Waals surface area contributed by atoms with E-state index in [0.717, 1.165) is 25.5 Å². The zero-order valence-corrected chi connectivity index (χ0v) is 14.7. The van der Waals surface area contributed by atoms with Gasteiger partial charge in [-0.05, 0) is 37.8 Å². The highest BCUT2D eigenvalue weighted by molar-refractivity contribution is 5.79. The van der Waals surface area contributed by atoms with E-state index in [1.165, 1.54) is 44.2 Å². The lowest BCUT2D eigenvalue weighted by Gasteiger charge is -2.25. The highest BCUT2D eigenvalue weighted by Gasteiger charge is 2.14. The van der Waals surface area contributed by atoms with Crippen molar-refractivity contribution in [2.24, 2.45) is 4.99 Å². The van der Waals surface area contributed by atoms with Crippen LogP contribution in [0.2, 0.25) is 0 Å². The maximum atomic E-state index is 4.35. The molecule has 1 aromatic rings. The van der Waals surface area contributed by atoms with Crippen LogP contribution in [0.3, 0.4) is 0 Å². The maximum absolute atomic E-state index is 4.35. The van der Waals surface area contributed by atoms with Crippen LogP contribution in [-0.4, -0.2) is 39.2 Å². The first-order valence-corrected chi connectivity index (χ1v) is 9.03. The fraction of sp³-hybridized carbons (Fsp3) is 0.632. The summed E-state index contributed by atoms with van der Waals surface area (Å²) in [4.78, 5) is 6.66. The molecule has 0 aromatic heterocycles. The number of nitrogens with zero attached hydrogens (tertiary/aromatic N) is 2. The number of para-hydroxylation sites is 1. The molecular weight excluding hydrogens is 284 g/mol. The van der Waals surface area contributed by atoms with E-state index >= 15 is 0 Å². The van der Waals surface area contributed by atoms with E-state index in [0.29, 0.717) is 6.04 Å². The molecule has 2 N–H and O–H groups in total. The predicted octanol–water partition coefficient (Wildman–Crippen LogP) is 3.40. The van der Waals surface area contributed by atoms with Gasteiger partial charge in [0.05, 0.1) is 0 Å². The van der Waals surface area contributed by atoms with Crippen LogP contribution in [0.4, 0.5) is 5.69 Å². The highest BCUT2D eigenvalue weighted by atomic mass is 15.2. The minimum Gasteiger partial charge on any atom is -0.375 e. The van der Waals surface area contributed by atoms with Crippen molar-refractivity contribution in [2.75, 3.05) is 32.1 Å². The molecule has 0 saturated heterocycles. The van der Waals surface area contributed by atoms with Gasteiger partial charge < -0.3 is 15.5 Å². The van der Waals surface area contributed by atoms with E-state index in [1.54, 1.807) is 0 Å². The summed E-state index contributed by atoms with van der Waals surface area (Å²) in [6.45, 7) is 2.06. The van der Waals surface area contributed by atoms with E-state index in [2.05, 4.69) is 57.9 Å². The molecule has 1 saturated carbocycles. The first-order valence-electron chi connectivity index (χ1n) is 9.03. The van der Waals surface area contributed by atoms with Gasteiger partial charge in [0.1, 0.15) is 0 Å². The standard InChI is InChI=1S/C19H32N4/c1-20-19(22-17-11-5-3-6-12-17)21-15-9-10-16-23(2)18-13-7-4-8-14-18/h4,7-8,13-14,17H,3,5-6,9-12,15-16H2,1-2H3,(H2,20,21,22). The summed E-state index contributed by atoms with van der Waals surface area (Å²) < 4.78 is 0. The third-order valence-electron chi connectivity index (χ3n) is 4.58. The summed E-state index contributed by atoms with van der Waals surface area (Å²) in [6, 6.07) is 11.2. The topological polar surface area (TPSA) is 39.7 Å². The minimum absolute atomic E-state index is 0.610. The van der Waals surface area contributed by atoms with Crippen LogP contribution in [-0.2, 0) is 0 Å². The van der Waals surface area contributed by atoms with Gasteiger partial charge in [-0.1, -0.05) is 37.5 Å². The molecular formula is C19H32N4. The number of unbranched alkanes of at least 4 members (excludes halogenated alkanes) is 1. The average Bonchev–Trinajstić information content (AvgIpc) is 2.62. The molecule has 0 spiro atoms. The summed E-state index contributed by atoms with van der Waals surface area (Å²) in [7, 11) is 4.02. The molecule has 0 amide bonds. The lowest BCUT2D eigenvalue weighted by atomic mass is 9.96. The predicted molar refractivity (Wildman–Crippen MR) is 100 cm³/mol. The Morgan fingerprint density at radius 3 is 2.57 bits per heavy atom. The maximum Gasteiger partial charge on any atom is 0.191 e. The molecule has 0 atom stereocenters. The zero-order chi connectivity index (χ0) is 16.3. The van der Waals surface area contributed by atoms with Crippen molar-refractivity contribution in [1.82, 2.24) is 10.6 Å². The molecule has 1 fully saturated rings. The van der Waals surface area contributed by atoms with Crippen molar-refractivity contribution in [3.05, 3.63) is 30.3 Å². The van der Waals surface area contributed by atoms with Gasteiger partial charge in [-0.25, -0.2) is 0 Å². The molecule has 1 aromatic carbocycles. The molecule has 0 heterocycles. The van der Waals surface area contributed by atoms with Crippen LogP contribution in [0.1, 0.15) is 44.9 Å². The monoisotopic (exact) mass is 316 g/mol. The molecule has 4 heteroatoms. The van der Waals surface area contributed by atoms with Gasteiger partial charge in [0.2, 0.25) is 0 Å². The number of anilines is 1. The van der Waals surface area contributed by atoms with Gasteiger partial charge in [-0.15, -0.1) is 0 Å². The molecule has 1 aliphatic rings. The molecule has 2 rings (SSSR count). The van der Waals surface area contributed by atoms with Crippen LogP contribution in [0.5, 0.6) is 0 Å². The smallest absolute Gasteiger partial charge is 0.191 e. The van der Waals surface area contributed by atoms with Crippen molar-refractivity contribution < 1.29 is 0 Å². The van der Waals surface area contributed by atoms with Gasteiger partial charge in [0, 0.05) is 38.9 Å². The lowest BCUT2D eigenvalue weighted by molar-refractivity contribution is 0.410. The van der Waals surface area contributed by atoms with Crippen LogP contribution < -0.4 is 15.5 Å². The normalized spacial score (nSPS) is 16.2. The average molecular weight is 316 g/mol. The summed E-state index contributed by atoms with van der Waals surface area (Å²) in [5.74, 6) is 0.966. The first kappa shape index (κ1) is 17.6. The van der Waals surface area contributed by atoms with Crippen molar-refractivity contribution in [1.29, 1.82) is 0 Å². The number of hydrogen-bond donors (Lipinski definition) is 2. The molecule has 0 aliphatic heterocycles. The van der Waals surface area contributed by atoms with Crippen LogP contribution in [0.25, 0.3) is 0 Å². The molecule has 1 aliphatic carbocycles. The molecule has 4 nitrogen and oxygen atoms in total. The largest absolute Gasteiger partial charge is 0.375 e. The quantitative estimate of drug-likeness (QED) is 0.460. The van der Waals surface area contributed by atoms with Crippen LogP contribution in [0, 0.1) is 0 Å².